The van der Waals surface area contributed by atoms with E-state index in [1.807, 2.05) is 11.4 Å². The fourth-order valence-corrected chi connectivity index (χ4v) is 1.70. The normalized spacial score (nSPS) is 9.93. The first kappa shape index (κ1) is 8.72. The molecule has 0 aromatic carbocycles. The number of rotatable bonds is 2. The Balaban J connectivity index is 2.42. The number of nitriles is 1. The van der Waals surface area contributed by atoms with Gasteiger partial charge in [-0.15, -0.1) is 11.3 Å². The van der Waals surface area contributed by atoms with E-state index in [2.05, 4.69) is 10.1 Å². The van der Waals surface area contributed by atoms with Crippen molar-refractivity contribution in [1.29, 1.82) is 5.26 Å². The summed E-state index contributed by atoms with van der Waals surface area (Å²) in [4.78, 5) is 4.08. The van der Waals surface area contributed by atoms with Crippen LogP contribution in [0, 0.1) is 11.3 Å². The highest BCUT2D eigenvalue weighted by molar-refractivity contribution is 7.12. The van der Waals surface area contributed by atoms with Gasteiger partial charge in [0.05, 0.1) is 18.7 Å². The Morgan fingerprint density at radius 1 is 1.64 bits per heavy atom. The van der Waals surface area contributed by atoms with Gasteiger partial charge in [0.25, 0.3) is 0 Å². The summed E-state index contributed by atoms with van der Waals surface area (Å²) in [7, 11) is 0. The van der Waals surface area contributed by atoms with Crippen LogP contribution < -0.4 is 5.73 Å². The highest BCUT2D eigenvalue weighted by Crippen LogP contribution is 2.18. The standard InChI is InChI=1S/C8H7N5S/c9-2-1-6-5-12-13(7(6)10)8-11-3-4-14-8/h3-5H,1,10H2. The first-order chi connectivity index (χ1) is 6.83. The van der Waals surface area contributed by atoms with Crippen LogP contribution in [0.25, 0.3) is 5.13 Å². The van der Waals surface area contributed by atoms with E-state index >= 15 is 0 Å². The Labute approximate surface area is 84.4 Å². The lowest BCUT2D eigenvalue weighted by atomic mass is 10.2. The van der Waals surface area contributed by atoms with Gasteiger partial charge in [-0.3, -0.25) is 0 Å². The third kappa shape index (κ3) is 1.34. The van der Waals surface area contributed by atoms with E-state index in [9.17, 15) is 0 Å². The number of nitrogens with zero attached hydrogens (tertiary/aromatic N) is 4. The minimum absolute atomic E-state index is 0.275. The van der Waals surface area contributed by atoms with E-state index in [4.69, 9.17) is 11.0 Å². The smallest absolute Gasteiger partial charge is 0.212 e. The monoisotopic (exact) mass is 205 g/mol. The molecule has 5 nitrogen and oxygen atoms in total. The Hall–Kier alpha value is -1.87. The average Bonchev–Trinajstić information content (AvgIpc) is 2.77. The molecule has 0 fully saturated rings. The van der Waals surface area contributed by atoms with Crippen LogP contribution in [0.3, 0.4) is 0 Å². The third-order valence-corrected chi connectivity index (χ3v) is 2.50. The molecule has 2 N–H and O–H groups in total. The summed E-state index contributed by atoms with van der Waals surface area (Å²) in [6, 6.07) is 2.03. The summed E-state index contributed by atoms with van der Waals surface area (Å²) in [5.74, 6) is 0.488. The van der Waals surface area contributed by atoms with Gasteiger partial charge in [-0.25, -0.2) is 4.98 Å². The lowest BCUT2D eigenvalue weighted by Crippen LogP contribution is -2.02. The molecule has 14 heavy (non-hydrogen) atoms. The Kier molecular flexibility index (Phi) is 2.16. The van der Waals surface area contributed by atoms with Gasteiger partial charge in [-0.2, -0.15) is 15.0 Å². The predicted molar refractivity (Wildman–Crippen MR) is 53.0 cm³/mol. The van der Waals surface area contributed by atoms with E-state index in [1.54, 1.807) is 12.4 Å². The molecule has 0 aliphatic heterocycles. The molecule has 6 heteroatoms. The van der Waals surface area contributed by atoms with Gasteiger partial charge < -0.3 is 5.73 Å². The van der Waals surface area contributed by atoms with Crippen LogP contribution in [-0.4, -0.2) is 14.8 Å². The summed E-state index contributed by atoms with van der Waals surface area (Å²) in [5.41, 5.74) is 6.54. The number of anilines is 1. The van der Waals surface area contributed by atoms with Gasteiger partial charge in [0.2, 0.25) is 5.13 Å². The van der Waals surface area contributed by atoms with Crippen LogP contribution in [0.15, 0.2) is 17.8 Å². The molecule has 0 radical (unpaired) electrons. The van der Waals surface area contributed by atoms with E-state index in [0.717, 1.165) is 5.56 Å². The van der Waals surface area contributed by atoms with Gasteiger partial charge in [0.1, 0.15) is 5.82 Å². The van der Waals surface area contributed by atoms with Crippen molar-refractivity contribution in [2.45, 2.75) is 6.42 Å². The fourth-order valence-electron chi connectivity index (χ4n) is 1.09. The van der Waals surface area contributed by atoms with Gasteiger partial charge in [0, 0.05) is 17.1 Å². The molecule has 0 aliphatic carbocycles. The molecule has 0 saturated carbocycles. The molecule has 0 spiro atoms. The Morgan fingerprint density at radius 3 is 3.14 bits per heavy atom. The first-order valence-corrected chi connectivity index (χ1v) is 4.80. The Morgan fingerprint density at radius 2 is 2.50 bits per heavy atom. The van der Waals surface area contributed by atoms with E-state index in [0.29, 0.717) is 10.9 Å². The number of hydrogen-bond acceptors (Lipinski definition) is 5. The highest BCUT2D eigenvalue weighted by atomic mass is 32.1. The number of nitrogen functional groups attached to an aromatic ring is 1. The molecule has 0 saturated heterocycles. The molecule has 70 valence electrons. The second-order valence-corrected chi connectivity index (χ2v) is 3.49. The molecule has 0 atom stereocenters. The van der Waals surface area contributed by atoms with Crippen LogP contribution in [0.4, 0.5) is 5.82 Å². The summed E-state index contributed by atoms with van der Waals surface area (Å²) < 4.78 is 1.54. The molecule has 2 rings (SSSR count). The molecule has 2 heterocycles. The number of hydrogen-bond donors (Lipinski definition) is 1. The maximum absolute atomic E-state index is 8.53. The van der Waals surface area contributed by atoms with Crippen molar-refractivity contribution in [2.75, 3.05) is 5.73 Å². The van der Waals surface area contributed by atoms with Gasteiger partial charge in [-0.1, -0.05) is 0 Å². The van der Waals surface area contributed by atoms with Gasteiger partial charge in [-0.05, 0) is 0 Å². The zero-order valence-corrected chi connectivity index (χ0v) is 8.03. The maximum Gasteiger partial charge on any atom is 0.212 e. The number of aromatic nitrogens is 3. The molecular formula is C8H7N5S. The SMILES string of the molecule is N#CCc1cnn(-c2nccs2)c1N. The Bertz CT molecular complexity index is 464. The van der Waals surface area contributed by atoms with Crippen molar-refractivity contribution in [2.24, 2.45) is 0 Å². The van der Waals surface area contributed by atoms with Crippen LogP contribution in [0.5, 0.6) is 0 Å². The molecule has 2 aromatic rings. The van der Waals surface area contributed by atoms with E-state index in [1.165, 1.54) is 16.0 Å². The summed E-state index contributed by atoms with van der Waals surface area (Å²) in [6.45, 7) is 0. The number of nitrogens with two attached hydrogens (primary N) is 1. The zero-order valence-electron chi connectivity index (χ0n) is 7.21. The predicted octanol–water partition coefficient (Wildman–Crippen LogP) is 0.977. The van der Waals surface area contributed by atoms with Crippen molar-refractivity contribution < 1.29 is 0 Å². The molecule has 0 bridgehead atoms. The third-order valence-electron chi connectivity index (χ3n) is 1.76. The van der Waals surface area contributed by atoms with Crippen LogP contribution in [0.1, 0.15) is 5.56 Å². The lowest BCUT2D eigenvalue weighted by molar-refractivity contribution is 0.880. The second kappa shape index (κ2) is 3.47. The van der Waals surface area contributed by atoms with Crippen molar-refractivity contribution in [1.82, 2.24) is 14.8 Å². The summed E-state index contributed by atoms with van der Waals surface area (Å²) in [6.07, 6.45) is 3.56. The van der Waals surface area contributed by atoms with Gasteiger partial charge in [0.15, 0.2) is 0 Å². The van der Waals surface area contributed by atoms with Crippen LogP contribution in [-0.2, 0) is 6.42 Å². The van der Waals surface area contributed by atoms with Crippen molar-refractivity contribution in [3.63, 3.8) is 0 Å². The average molecular weight is 205 g/mol. The largest absolute Gasteiger partial charge is 0.383 e. The van der Waals surface area contributed by atoms with Crippen molar-refractivity contribution in [3.8, 4) is 11.2 Å². The molecule has 0 aliphatic rings. The minimum Gasteiger partial charge on any atom is -0.383 e. The summed E-state index contributed by atoms with van der Waals surface area (Å²) >= 11 is 1.45. The van der Waals surface area contributed by atoms with E-state index in [-0.39, 0.29) is 6.42 Å². The molecule has 0 amide bonds. The quantitative estimate of drug-likeness (QED) is 0.792. The summed E-state index contributed by atoms with van der Waals surface area (Å²) in [5, 5.41) is 15.2. The molecule has 0 unspecified atom stereocenters. The highest BCUT2D eigenvalue weighted by Gasteiger charge is 2.09. The van der Waals surface area contributed by atoms with Crippen LogP contribution in [0.2, 0.25) is 0 Å². The topological polar surface area (TPSA) is 80.5 Å². The van der Waals surface area contributed by atoms with E-state index < -0.39 is 0 Å². The first-order valence-electron chi connectivity index (χ1n) is 3.92. The van der Waals surface area contributed by atoms with Crippen molar-refractivity contribution >= 4 is 17.2 Å². The number of thiazole rings is 1. The van der Waals surface area contributed by atoms with Crippen molar-refractivity contribution in [3.05, 3.63) is 23.3 Å². The second-order valence-electron chi connectivity index (χ2n) is 2.62. The van der Waals surface area contributed by atoms with Crippen LogP contribution >= 0.6 is 11.3 Å². The van der Waals surface area contributed by atoms with Gasteiger partial charge >= 0.3 is 0 Å². The lowest BCUT2D eigenvalue weighted by Gasteiger charge is -1.98. The molecular weight excluding hydrogens is 198 g/mol. The maximum atomic E-state index is 8.53. The fraction of sp³-hybridized carbons (Fsp3) is 0.125. The zero-order chi connectivity index (χ0) is 9.97. The molecule has 2 aromatic heterocycles. The minimum atomic E-state index is 0.275.